The van der Waals surface area contributed by atoms with Gasteiger partial charge in [-0.3, -0.25) is 0 Å². The minimum Gasteiger partial charge on any atom is -0.310 e. The van der Waals surface area contributed by atoms with Gasteiger partial charge in [-0.25, -0.2) is 0 Å². The number of rotatable bonds is 14. The Bertz CT molecular complexity index is 5930. The molecule has 0 aliphatic rings. The number of aryl methyl sites for hydroxylation is 2. The average Bonchev–Trinajstić information content (AvgIpc) is 0.779. The Morgan fingerprint density at radius 3 is 0.657 bits per heavy atom. The zero-order chi connectivity index (χ0) is 68.3. The van der Waals surface area contributed by atoms with E-state index in [1.165, 1.54) is 98.0 Å². The Labute approximate surface area is 596 Å². The van der Waals surface area contributed by atoms with Crippen molar-refractivity contribution >= 4 is 133 Å². The molecule has 0 fully saturated rings. The van der Waals surface area contributed by atoms with E-state index in [1.807, 2.05) is 0 Å². The van der Waals surface area contributed by atoms with Crippen LogP contribution in [-0.4, -0.2) is 0 Å². The molecule has 0 saturated heterocycles. The van der Waals surface area contributed by atoms with Gasteiger partial charge in [-0.05, 0) is 235 Å². The molecule has 0 spiro atoms. The van der Waals surface area contributed by atoms with Gasteiger partial charge in [0.15, 0.2) is 0 Å². The normalized spacial score (nSPS) is 11.2. The summed E-state index contributed by atoms with van der Waals surface area (Å²) in [4.78, 5) is 9.45. The van der Waals surface area contributed by atoms with E-state index in [0.717, 1.165) is 68.2 Å². The predicted octanol–water partition coefficient (Wildman–Crippen LogP) is 28.1. The van der Waals surface area contributed by atoms with Crippen molar-refractivity contribution < 1.29 is 0 Å². The van der Waals surface area contributed by atoms with Crippen LogP contribution in [-0.2, 0) is 0 Å². The molecule has 0 aromatic heterocycles. The zero-order valence-electron chi connectivity index (χ0n) is 56.9. The molecule has 0 atom stereocenters. The van der Waals surface area contributed by atoms with E-state index in [1.54, 1.807) is 0 Å². The minimum absolute atomic E-state index is 1.09. The van der Waals surface area contributed by atoms with E-state index in [9.17, 15) is 0 Å². The topological polar surface area (TPSA) is 13.0 Å². The van der Waals surface area contributed by atoms with Crippen LogP contribution in [0.5, 0.6) is 0 Å². The molecule has 18 aromatic carbocycles. The summed E-state index contributed by atoms with van der Waals surface area (Å²) in [5.74, 6) is 0. The second-order valence-corrected chi connectivity index (χ2v) is 26.4. The molecular formula is C98H72N4. The molecule has 0 amide bonds. The monoisotopic (exact) mass is 1300 g/mol. The molecule has 484 valence electrons. The molecular weight excluding hydrogens is 1230 g/mol. The third-order valence-corrected chi connectivity index (χ3v) is 19.7. The molecule has 0 heterocycles. The van der Waals surface area contributed by atoms with Crippen molar-refractivity contribution in [2.45, 2.75) is 13.8 Å². The standard InChI is InChI=1S/2C49H36N2/c1-35-14-16-39(17-15-35)40-18-23-44(24-19-40)50(47-25-20-36-8-2-5-11-41(36)32-47)45-28-30-46(31-29-45)51(48-26-21-37-9-3-6-12-42(37)33-48)49-27-22-38-10-4-7-13-43(38)34-49;1-35-17-19-38(20-18-35)39-21-25-43(26-22-39)50(46-27-23-36-9-2-4-12-41(36)33-46)44-29-31-45(32-30-44)51(47-28-24-37-10-3-5-13-42(37)34-47)49-16-8-14-40-11-6-7-15-48(40)49/h2*2-34H,1H3. The van der Waals surface area contributed by atoms with Crippen molar-refractivity contribution in [2.24, 2.45) is 0 Å². The van der Waals surface area contributed by atoms with Gasteiger partial charge in [0.2, 0.25) is 0 Å². The molecule has 18 aromatic rings. The SMILES string of the molecule is Cc1ccc(-c2ccc(N(c3ccc(N(c4ccc5ccccc5c4)c4ccc5ccccc5c4)cc3)c3ccc4ccccc4c3)cc2)cc1.Cc1ccc(-c2ccc(N(c3ccc(N(c4ccc5ccccc5c4)c4cccc5ccccc45)cc3)c3ccc4ccccc4c3)cc2)cc1. The maximum atomic E-state index is 2.38. The second kappa shape index (κ2) is 27.6. The van der Waals surface area contributed by atoms with Gasteiger partial charge in [-0.2, -0.15) is 0 Å². The van der Waals surface area contributed by atoms with Crippen LogP contribution in [0.25, 0.3) is 86.9 Å². The zero-order valence-corrected chi connectivity index (χ0v) is 56.9. The van der Waals surface area contributed by atoms with E-state index < -0.39 is 0 Å². The number of nitrogens with zero attached hydrogens (tertiary/aromatic N) is 4. The van der Waals surface area contributed by atoms with Crippen molar-refractivity contribution in [3.8, 4) is 22.3 Å². The molecule has 0 aliphatic heterocycles. The Morgan fingerprint density at radius 1 is 0.147 bits per heavy atom. The fraction of sp³-hybridized carbons (Fsp3) is 0.0204. The molecule has 4 heteroatoms. The molecule has 0 radical (unpaired) electrons. The number of hydrogen-bond acceptors (Lipinski definition) is 4. The van der Waals surface area contributed by atoms with Gasteiger partial charge >= 0.3 is 0 Å². The number of anilines is 12. The van der Waals surface area contributed by atoms with Crippen LogP contribution in [0, 0.1) is 13.8 Å². The van der Waals surface area contributed by atoms with Crippen molar-refractivity contribution in [1.29, 1.82) is 0 Å². The van der Waals surface area contributed by atoms with Crippen molar-refractivity contribution in [1.82, 2.24) is 0 Å². The van der Waals surface area contributed by atoms with Crippen LogP contribution in [0.2, 0.25) is 0 Å². The molecule has 0 aliphatic carbocycles. The first-order valence-electron chi connectivity index (χ1n) is 35.0. The summed E-state index contributed by atoms with van der Waals surface area (Å²) in [6.07, 6.45) is 0. The lowest BCUT2D eigenvalue weighted by molar-refractivity contribution is 1.26. The van der Waals surface area contributed by atoms with Crippen LogP contribution in [0.4, 0.5) is 68.2 Å². The third-order valence-electron chi connectivity index (χ3n) is 19.7. The van der Waals surface area contributed by atoms with Crippen LogP contribution >= 0.6 is 0 Å². The molecule has 0 N–H and O–H groups in total. The highest BCUT2D eigenvalue weighted by atomic mass is 15.2. The Hall–Kier alpha value is -13.3. The summed E-state index contributed by atoms with van der Waals surface area (Å²) in [5.41, 5.74) is 20.7. The van der Waals surface area contributed by atoms with E-state index in [-0.39, 0.29) is 0 Å². The van der Waals surface area contributed by atoms with Gasteiger partial charge in [-0.1, -0.05) is 272 Å². The Kier molecular flexibility index (Phi) is 16.8. The van der Waals surface area contributed by atoms with Gasteiger partial charge in [0.05, 0.1) is 5.69 Å². The summed E-state index contributed by atoms with van der Waals surface area (Å²) in [7, 11) is 0. The van der Waals surface area contributed by atoms with Gasteiger partial charge in [0.1, 0.15) is 0 Å². The fourth-order valence-electron chi connectivity index (χ4n) is 14.4. The van der Waals surface area contributed by atoms with Gasteiger partial charge in [0.25, 0.3) is 0 Å². The second-order valence-electron chi connectivity index (χ2n) is 26.4. The van der Waals surface area contributed by atoms with Gasteiger partial charge < -0.3 is 19.6 Å². The van der Waals surface area contributed by atoms with Crippen molar-refractivity contribution in [3.05, 3.63) is 412 Å². The number of fused-ring (bicyclic) bond motifs is 6. The highest BCUT2D eigenvalue weighted by molar-refractivity contribution is 6.01. The van der Waals surface area contributed by atoms with Crippen LogP contribution < -0.4 is 19.6 Å². The first-order valence-corrected chi connectivity index (χ1v) is 35.0. The number of hydrogen-bond donors (Lipinski definition) is 0. The molecule has 0 bridgehead atoms. The first-order chi connectivity index (χ1) is 50.3. The predicted molar refractivity (Wildman–Crippen MR) is 437 cm³/mol. The lowest BCUT2D eigenvalue weighted by Gasteiger charge is -2.29. The summed E-state index contributed by atoms with van der Waals surface area (Å²) in [5, 5.41) is 14.7. The number of benzene rings is 18. The van der Waals surface area contributed by atoms with E-state index >= 15 is 0 Å². The summed E-state index contributed by atoms with van der Waals surface area (Å²) >= 11 is 0. The Morgan fingerprint density at radius 2 is 0.353 bits per heavy atom. The van der Waals surface area contributed by atoms with Crippen LogP contribution in [0.1, 0.15) is 11.1 Å². The van der Waals surface area contributed by atoms with Crippen molar-refractivity contribution in [3.63, 3.8) is 0 Å². The van der Waals surface area contributed by atoms with Crippen LogP contribution in [0.3, 0.4) is 0 Å². The van der Waals surface area contributed by atoms with E-state index in [2.05, 4.69) is 434 Å². The van der Waals surface area contributed by atoms with Crippen molar-refractivity contribution in [2.75, 3.05) is 19.6 Å². The molecule has 0 unspecified atom stereocenters. The van der Waals surface area contributed by atoms with E-state index in [0.29, 0.717) is 0 Å². The lowest BCUT2D eigenvalue weighted by atomic mass is 10.0. The maximum absolute atomic E-state index is 2.38. The summed E-state index contributed by atoms with van der Waals surface area (Å²) < 4.78 is 0. The maximum Gasteiger partial charge on any atom is 0.0540 e. The Balaban J connectivity index is 0.000000152. The third kappa shape index (κ3) is 12.7. The molecule has 4 nitrogen and oxygen atoms in total. The average molecular weight is 1310 g/mol. The summed E-state index contributed by atoms with van der Waals surface area (Å²) in [6.45, 7) is 4.26. The molecule has 18 rings (SSSR count). The van der Waals surface area contributed by atoms with Crippen LogP contribution in [0.15, 0.2) is 400 Å². The molecule has 0 saturated carbocycles. The smallest absolute Gasteiger partial charge is 0.0540 e. The fourth-order valence-corrected chi connectivity index (χ4v) is 14.4. The minimum atomic E-state index is 1.09. The van der Waals surface area contributed by atoms with E-state index in [4.69, 9.17) is 0 Å². The highest BCUT2D eigenvalue weighted by Gasteiger charge is 2.21. The molecule has 102 heavy (non-hydrogen) atoms. The lowest BCUT2D eigenvalue weighted by Crippen LogP contribution is -2.12. The van der Waals surface area contributed by atoms with Gasteiger partial charge in [0, 0.05) is 67.9 Å². The van der Waals surface area contributed by atoms with Gasteiger partial charge in [-0.15, -0.1) is 0 Å². The first kappa shape index (κ1) is 62.3. The quantitative estimate of drug-likeness (QED) is 0.108. The largest absolute Gasteiger partial charge is 0.310 e. The highest BCUT2D eigenvalue weighted by Crippen LogP contribution is 2.45. The summed E-state index contributed by atoms with van der Waals surface area (Å²) in [6, 6.07) is 145.